The molecule has 1 aromatic heterocycles. The maximum absolute atomic E-state index is 11.5. The highest BCUT2D eigenvalue weighted by Gasteiger charge is 2.27. The lowest BCUT2D eigenvalue weighted by Crippen LogP contribution is -2.38. The largest absolute Gasteiger partial charge is 0.480 e. The number of nitrogens with zero attached hydrogens (tertiary/aromatic N) is 1. The zero-order valence-corrected chi connectivity index (χ0v) is 13.6. The summed E-state index contributed by atoms with van der Waals surface area (Å²) in [5.74, 6) is -0.888. The lowest BCUT2D eigenvalue weighted by Gasteiger charge is -2.26. The molecule has 1 saturated carbocycles. The van der Waals surface area contributed by atoms with Gasteiger partial charge in [0, 0.05) is 21.2 Å². The molecule has 2 rings (SSSR count). The van der Waals surface area contributed by atoms with Gasteiger partial charge in [0.15, 0.2) is 0 Å². The average molecular weight is 392 g/mol. The van der Waals surface area contributed by atoms with Gasteiger partial charge in [-0.1, -0.05) is 19.3 Å². The van der Waals surface area contributed by atoms with Crippen LogP contribution in [-0.4, -0.2) is 22.1 Å². The van der Waals surface area contributed by atoms with E-state index >= 15 is 0 Å². The summed E-state index contributed by atoms with van der Waals surface area (Å²) in [4.78, 5) is 15.7. The van der Waals surface area contributed by atoms with Crippen LogP contribution in [0.4, 0.5) is 0 Å². The molecule has 1 fully saturated rings. The van der Waals surface area contributed by atoms with Crippen LogP contribution >= 0.6 is 31.9 Å². The predicted octanol–water partition coefficient (Wildman–Crippen LogP) is 3.65. The van der Waals surface area contributed by atoms with Gasteiger partial charge in [-0.15, -0.1) is 0 Å². The summed E-state index contributed by atoms with van der Waals surface area (Å²) < 4.78 is 1.53. The van der Waals surface area contributed by atoms with Gasteiger partial charge >= 0.3 is 5.97 Å². The normalized spacial score (nSPS) is 18.2. The van der Waals surface area contributed by atoms with Crippen molar-refractivity contribution in [2.75, 3.05) is 0 Å². The maximum Gasteiger partial charge on any atom is 0.327 e. The van der Waals surface area contributed by atoms with Crippen LogP contribution in [0.15, 0.2) is 21.2 Å². The van der Waals surface area contributed by atoms with Gasteiger partial charge < -0.3 is 5.11 Å². The first-order valence-corrected chi connectivity index (χ1v) is 7.96. The van der Waals surface area contributed by atoms with Crippen LogP contribution in [0.3, 0.4) is 0 Å². The number of carboxylic acids is 1. The first kappa shape index (κ1) is 14.9. The Hall–Kier alpha value is -0.460. The Morgan fingerprint density at radius 3 is 2.63 bits per heavy atom. The van der Waals surface area contributed by atoms with Crippen LogP contribution in [0, 0.1) is 0 Å². The zero-order chi connectivity index (χ0) is 13.8. The van der Waals surface area contributed by atoms with Crippen LogP contribution in [0.1, 0.15) is 43.8 Å². The Morgan fingerprint density at radius 1 is 1.37 bits per heavy atom. The molecule has 0 spiro atoms. The van der Waals surface area contributed by atoms with Gasteiger partial charge in [0.1, 0.15) is 6.04 Å². The Bertz CT molecular complexity index is 462. The van der Waals surface area contributed by atoms with E-state index in [0.717, 1.165) is 17.3 Å². The van der Waals surface area contributed by atoms with Crippen LogP contribution in [-0.2, 0) is 4.79 Å². The fourth-order valence-electron chi connectivity index (χ4n) is 2.41. The Morgan fingerprint density at radius 2 is 2.05 bits per heavy atom. The molecule has 0 radical (unpaired) electrons. The molecule has 1 unspecified atom stereocenters. The van der Waals surface area contributed by atoms with Gasteiger partial charge in [0.2, 0.25) is 0 Å². The minimum atomic E-state index is -0.888. The van der Waals surface area contributed by atoms with Crippen molar-refractivity contribution in [3.63, 3.8) is 0 Å². The summed E-state index contributed by atoms with van der Waals surface area (Å²) in [5, 5.41) is 12.6. The van der Waals surface area contributed by atoms with Crippen LogP contribution in [0.5, 0.6) is 0 Å². The number of nitrogens with one attached hydrogen (secondary N) is 1. The van der Waals surface area contributed by atoms with Crippen molar-refractivity contribution >= 4 is 37.8 Å². The highest BCUT2D eigenvalue weighted by Crippen LogP contribution is 2.27. The Labute approximate surface area is 129 Å². The van der Waals surface area contributed by atoms with Crippen LogP contribution in [0.25, 0.3) is 0 Å². The fraction of sp³-hybridized carbons (Fsp3) is 0.538. The number of pyridine rings is 1. The van der Waals surface area contributed by atoms with Gasteiger partial charge in [-0.2, -0.15) is 0 Å². The number of aromatic nitrogens is 1. The van der Waals surface area contributed by atoms with Crippen LogP contribution in [0.2, 0.25) is 0 Å². The second-order valence-electron chi connectivity index (χ2n) is 4.79. The van der Waals surface area contributed by atoms with E-state index in [-0.39, 0.29) is 6.04 Å². The van der Waals surface area contributed by atoms with Gasteiger partial charge in [0.25, 0.3) is 0 Å². The minimum absolute atomic E-state index is 0.271. The van der Waals surface area contributed by atoms with Gasteiger partial charge in [-0.25, -0.2) is 0 Å². The Kier molecular flexibility index (Phi) is 5.36. The third kappa shape index (κ3) is 4.00. The van der Waals surface area contributed by atoms with Gasteiger partial charge in [0.05, 0.1) is 5.69 Å². The summed E-state index contributed by atoms with van der Waals surface area (Å²) in [5.41, 5.74) is 0.529. The van der Waals surface area contributed by atoms with Gasteiger partial charge in [-0.3, -0.25) is 15.1 Å². The minimum Gasteiger partial charge on any atom is -0.480 e. The smallest absolute Gasteiger partial charge is 0.327 e. The lowest BCUT2D eigenvalue weighted by atomic mass is 9.94. The summed E-state index contributed by atoms with van der Waals surface area (Å²) in [6.45, 7) is 0. The molecule has 1 aromatic rings. The van der Waals surface area contributed by atoms with Crippen molar-refractivity contribution in [2.45, 2.75) is 44.2 Å². The van der Waals surface area contributed by atoms with E-state index < -0.39 is 12.0 Å². The Balaban J connectivity index is 2.17. The third-order valence-electron chi connectivity index (χ3n) is 3.36. The molecular formula is C13H16Br2N2O2. The predicted molar refractivity (Wildman–Crippen MR) is 80.0 cm³/mol. The molecule has 19 heavy (non-hydrogen) atoms. The number of carboxylic acid groups (broad SMARTS) is 1. The molecule has 0 saturated heterocycles. The molecule has 1 atom stereocenters. The SMILES string of the molecule is O=C(O)C(NC1CCCCC1)c1ncc(Br)cc1Br. The van der Waals surface area contributed by atoms with E-state index in [9.17, 15) is 9.90 Å². The number of hydrogen-bond acceptors (Lipinski definition) is 3. The molecule has 4 nitrogen and oxygen atoms in total. The second kappa shape index (κ2) is 6.81. The molecular weight excluding hydrogens is 376 g/mol. The van der Waals surface area contributed by atoms with E-state index in [0.29, 0.717) is 10.2 Å². The maximum atomic E-state index is 11.5. The number of rotatable bonds is 4. The quantitative estimate of drug-likeness (QED) is 0.822. The topological polar surface area (TPSA) is 62.2 Å². The van der Waals surface area contributed by atoms with E-state index in [2.05, 4.69) is 42.2 Å². The molecule has 1 heterocycles. The van der Waals surface area contributed by atoms with Crippen molar-refractivity contribution in [1.29, 1.82) is 0 Å². The average Bonchev–Trinajstić information content (AvgIpc) is 2.38. The number of halogens is 2. The van der Waals surface area contributed by atoms with Crippen molar-refractivity contribution in [1.82, 2.24) is 10.3 Å². The molecule has 1 aliphatic rings. The molecule has 0 bridgehead atoms. The summed E-state index contributed by atoms with van der Waals surface area (Å²) >= 11 is 6.71. The highest BCUT2D eigenvalue weighted by molar-refractivity contribution is 9.11. The first-order chi connectivity index (χ1) is 9.08. The van der Waals surface area contributed by atoms with E-state index in [4.69, 9.17) is 0 Å². The molecule has 2 N–H and O–H groups in total. The molecule has 104 valence electrons. The zero-order valence-electron chi connectivity index (χ0n) is 10.4. The lowest BCUT2D eigenvalue weighted by molar-refractivity contribution is -0.140. The monoisotopic (exact) mass is 390 g/mol. The molecule has 1 aliphatic carbocycles. The van der Waals surface area contributed by atoms with Crippen LogP contribution < -0.4 is 5.32 Å². The number of carbonyl (C=O) groups is 1. The standard InChI is InChI=1S/C13H16Br2N2O2/c14-8-6-10(15)11(16-7-8)12(13(18)19)17-9-4-2-1-3-5-9/h6-7,9,12,17H,1-5H2,(H,18,19). The van der Waals surface area contributed by atoms with Crippen molar-refractivity contribution in [3.05, 3.63) is 26.9 Å². The summed E-state index contributed by atoms with van der Waals surface area (Å²) in [6.07, 6.45) is 7.28. The molecule has 0 aliphatic heterocycles. The van der Waals surface area contributed by atoms with Crippen molar-refractivity contribution < 1.29 is 9.90 Å². The van der Waals surface area contributed by atoms with E-state index in [1.165, 1.54) is 19.3 Å². The first-order valence-electron chi connectivity index (χ1n) is 6.37. The van der Waals surface area contributed by atoms with E-state index in [1.54, 1.807) is 6.20 Å². The number of aliphatic carboxylic acids is 1. The summed E-state index contributed by atoms with van der Waals surface area (Å²) in [7, 11) is 0. The third-order valence-corrected chi connectivity index (χ3v) is 4.43. The molecule has 0 amide bonds. The van der Waals surface area contributed by atoms with E-state index in [1.807, 2.05) is 6.07 Å². The molecule has 0 aromatic carbocycles. The van der Waals surface area contributed by atoms with Gasteiger partial charge in [-0.05, 0) is 50.8 Å². The summed E-state index contributed by atoms with van der Waals surface area (Å²) in [6, 6.07) is 1.33. The molecule has 6 heteroatoms. The van der Waals surface area contributed by atoms with Crippen molar-refractivity contribution in [3.8, 4) is 0 Å². The highest BCUT2D eigenvalue weighted by atomic mass is 79.9. The van der Waals surface area contributed by atoms with Crippen molar-refractivity contribution in [2.24, 2.45) is 0 Å². The second-order valence-corrected chi connectivity index (χ2v) is 6.56. The fourth-order valence-corrected chi connectivity index (χ4v) is 3.63. The number of hydrogen-bond donors (Lipinski definition) is 2.